The maximum Gasteiger partial charge on any atom is 0.214 e. The van der Waals surface area contributed by atoms with E-state index in [4.69, 9.17) is 16.3 Å². The van der Waals surface area contributed by atoms with Crippen LogP contribution in [0.5, 0.6) is 5.75 Å². The van der Waals surface area contributed by atoms with Crippen molar-refractivity contribution in [3.63, 3.8) is 0 Å². The van der Waals surface area contributed by atoms with E-state index in [0.717, 1.165) is 42.3 Å². The summed E-state index contributed by atoms with van der Waals surface area (Å²) in [5.74, 6) is 1.09. The highest BCUT2D eigenvalue weighted by atomic mass is 35.5. The van der Waals surface area contributed by atoms with E-state index in [1.165, 1.54) is 23.1 Å². The number of ether oxygens (including phenoxy) is 1. The fourth-order valence-corrected chi connectivity index (χ4v) is 7.77. The van der Waals surface area contributed by atoms with Gasteiger partial charge in [0, 0.05) is 42.7 Å². The minimum Gasteiger partial charge on any atom is -0.495 e. The molecule has 0 spiro atoms. The molecule has 1 unspecified atom stereocenters. The Morgan fingerprint density at radius 1 is 1.11 bits per heavy atom. The maximum absolute atomic E-state index is 12.5. The van der Waals surface area contributed by atoms with Gasteiger partial charge in [-0.1, -0.05) is 37.1 Å². The summed E-state index contributed by atoms with van der Waals surface area (Å²) in [5, 5.41) is 4.61. The Balaban J connectivity index is 1.43. The molecule has 5 rings (SSSR count). The van der Waals surface area contributed by atoms with Crippen LogP contribution in [0.1, 0.15) is 55.3 Å². The van der Waals surface area contributed by atoms with Crippen LogP contribution in [0.15, 0.2) is 36.4 Å². The van der Waals surface area contributed by atoms with E-state index in [9.17, 15) is 8.42 Å². The second-order valence-electron chi connectivity index (χ2n) is 10.1. The Morgan fingerprint density at radius 2 is 1.83 bits per heavy atom. The van der Waals surface area contributed by atoms with E-state index in [0.29, 0.717) is 32.6 Å². The number of fused-ring (bicyclic) bond motifs is 1. The summed E-state index contributed by atoms with van der Waals surface area (Å²) >= 11 is 6.20. The first-order valence-corrected chi connectivity index (χ1v) is 14.8. The summed E-state index contributed by atoms with van der Waals surface area (Å²) in [6.07, 6.45) is 5.17. The largest absolute Gasteiger partial charge is 0.495 e. The molecule has 2 heterocycles. The number of methoxy groups -OCH3 is 1. The molecule has 190 valence electrons. The molecule has 2 aliphatic heterocycles. The molecule has 2 aromatic rings. The quantitative estimate of drug-likeness (QED) is 0.585. The van der Waals surface area contributed by atoms with Crippen molar-refractivity contribution in [3.05, 3.63) is 58.1 Å². The highest BCUT2D eigenvalue weighted by molar-refractivity contribution is 7.89. The fraction of sp³-hybridized carbons (Fsp3) is 0.556. The molecule has 1 N–H and O–H groups in total. The normalized spacial score (nSPS) is 22.4. The average molecular weight is 518 g/mol. The molecule has 2 fully saturated rings. The minimum absolute atomic E-state index is 0.0750. The summed E-state index contributed by atoms with van der Waals surface area (Å²) in [4.78, 5) is 2.28. The number of sulfonamides is 1. The Hall–Kier alpha value is -1.80. The molecule has 3 aliphatic rings. The molecule has 1 saturated carbocycles. The molecule has 1 saturated heterocycles. The third-order valence-corrected chi connectivity index (χ3v) is 10.5. The van der Waals surface area contributed by atoms with Crippen LogP contribution in [0.4, 0.5) is 5.69 Å². The second-order valence-corrected chi connectivity index (χ2v) is 12.6. The summed E-state index contributed by atoms with van der Waals surface area (Å²) in [5.41, 5.74) is 5.20. The summed E-state index contributed by atoms with van der Waals surface area (Å²) in [6, 6.07) is 13.2. The number of anilines is 1. The lowest BCUT2D eigenvalue weighted by atomic mass is 9.58. The topological polar surface area (TPSA) is 61.9 Å². The predicted molar refractivity (Wildman–Crippen MR) is 142 cm³/mol. The monoisotopic (exact) mass is 517 g/mol. The SMILES string of the molecule is CCCS(=O)(=O)N1CCN(c2cc3c(cc2OC)C(C2(c4ccc(Cl)cc4)CCC2)NCC3)CC1. The minimum atomic E-state index is -3.16. The highest BCUT2D eigenvalue weighted by Crippen LogP contribution is 2.54. The van der Waals surface area contributed by atoms with Crippen LogP contribution in [-0.4, -0.2) is 58.3 Å². The van der Waals surface area contributed by atoms with Crippen molar-refractivity contribution in [2.24, 2.45) is 0 Å². The molecule has 1 aliphatic carbocycles. The van der Waals surface area contributed by atoms with E-state index in [-0.39, 0.29) is 17.2 Å². The van der Waals surface area contributed by atoms with Gasteiger partial charge in [-0.2, -0.15) is 4.31 Å². The van der Waals surface area contributed by atoms with E-state index in [2.05, 4.69) is 34.5 Å². The Bertz CT molecular complexity index is 1160. The third-order valence-electron chi connectivity index (χ3n) is 8.15. The van der Waals surface area contributed by atoms with E-state index >= 15 is 0 Å². The molecular weight excluding hydrogens is 482 g/mol. The molecule has 0 bridgehead atoms. The van der Waals surface area contributed by atoms with Gasteiger partial charge in [-0.25, -0.2) is 8.42 Å². The standard InChI is InChI=1S/C27H36ClN3O3S/c1-3-17-35(32,33)31-15-13-30(14-16-31)24-18-20-9-12-29-26(23(20)19-25(24)34-2)27(10-4-11-27)21-5-7-22(28)8-6-21/h5-8,18-19,26,29H,3-4,9-17H2,1-2H3. The van der Waals surface area contributed by atoms with E-state index in [1.54, 1.807) is 11.4 Å². The summed E-state index contributed by atoms with van der Waals surface area (Å²) < 4.78 is 32.6. The lowest BCUT2D eigenvalue weighted by Crippen LogP contribution is -2.50. The predicted octanol–water partition coefficient (Wildman–Crippen LogP) is 4.52. The summed E-state index contributed by atoms with van der Waals surface area (Å²) in [7, 11) is -1.43. The maximum atomic E-state index is 12.5. The van der Waals surface area contributed by atoms with Crippen molar-refractivity contribution < 1.29 is 13.2 Å². The van der Waals surface area contributed by atoms with Crippen molar-refractivity contribution in [3.8, 4) is 5.75 Å². The lowest BCUT2D eigenvalue weighted by molar-refractivity contribution is 0.164. The smallest absolute Gasteiger partial charge is 0.214 e. The zero-order valence-corrected chi connectivity index (χ0v) is 22.3. The first kappa shape index (κ1) is 24.9. The van der Waals surface area contributed by atoms with E-state index < -0.39 is 10.0 Å². The lowest BCUT2D eigenvalue weighted by Gasteiger charge is -2.51. The van der Waals surface area contributed by atoms with E-state index in [1.807, 2.05) is 19.1 Å². The van der Waals surface area contributed by atoms with Gasteiger partial charge in [-0.3, -0.25) is 0 Å². The van der Waals surface area contributed by atoms with Crippen molar-refractivity contribution in [2.75, 3.05) is 50.5 Å². The van der Waals surface area contributed by atoms with Gasteiger partial charge in [0.2, 0.25) is 10.0 Å². The molecule has 0 aromatic heterocycles. The molecule has 0 amide bonds. The number of hydrogen-bond acceptors (Lipinski definition) is 5. The third kappa shape index (κ3) is 4.57. The van der Waals surface area contributed by atoms with Gasteiger partial charge >= 0.3 is 0 Å². The first-order valence-electron chi connectivity index (χ1n) is 12.8. The van der Waals surface area contributed by atoms with Crippen molar-refractivity contribution in [2.45, 2.75) is 50.5 Å². The molecule has 6 nitrogen and oxygen atoms in total. The fourth-order valence-electron chi connectivity index (χ4n) is 6.16. The summed E-state index contributed by atoms with van der Waals surface area (Å²) in [6.45, 7) is 5.25. The zero-order chi connectivity index (χ0) is 24.6. The van der Waals surface area contributed by atoms with Crippen LogP contribution in [-0.2, 0) is 21.9 Å². The van der Waals surface area contributed by atoms with Crippen LogP contribution < -0.4 is 15.0 Å². The number of benzene rings is 2. The van der Waals surface area contributed by atoms with Crippen LogP contribution in [0.2, 0.25) is 5.02 Å². The molecule has 0 radical (unpaired) electrons. The average Bonchev–Trinajstić information content (AvgIpc) is 2.84. The van der Waals surface area contributed by atoms with Gasteiger partial charge in [0.25, 0.3) is 0 Å². The van der Waals surface area contributed by atoms with Crippen LogP contribution >= 0.6 is 11.6 Å². The second kappa shape index (κ2) is 9.92. The number of piperazine rings is 1. The molecule has 1 atom stereocenters. The van der Waals surface area contributed by atoms with Crippen molar-refractivity contribution in [1.29, 1.82) is 0 Å². The highest BCUT2D eigenvalue weighted by Gasteiger charge is 2.47. The van der Waals surface area contributed by atoms with Gasteiger partial charge in [0.15, 0.2) is 0 Å². The number of halogens is 1. The first-order chi connectivity index (χ1) is 16.9. The Morgan fingerprint density at radius 3 is 2.43 bits per heavy atom. The van der Waals surface area contributed by atoms with Crippen LogP contribution in [0.25, 0.3) is 0 Å². The number of nitrogens with one attached hydrogen (secondary N) is 1. The molecule has 35 heavy (non-hydrogen) atoms. The van der Waals surface area contributed by atoms with Gasteiger partial charge in [0.1, 0.15) is 5.75 Å². The van der Waals surface area contributed by atoms with Crippen LogP contribution in [0, 0.1) is 0 Å². The van der Waals surface area contributed by atoms with Crippen molar-refractivity contribution in [1.82, 2.24) is 9.62 Å². The number of rotatable bonds is 7. The van der Waals surface area contributed by atoms with Crippen LogP contribution in [0.3, 0.4) is 0 Å². The number of nitrogens with zero attached hydrogens (tertiary/aromatic N) is 2. The van der Waals surface area contributed by atoms with Gasteiger partial charge in [-0.05, 0) is 73.2 Å². The Kier molecular flexibility index (Phi) is 7.05. The number of hydrogen-bond donors (Lipinski definition) is 1. The van der Waals surface area contributed by atoms with Gasteiger partial charge in [-0.15, -0.1) is 0 Å². The molecular formula is C27H36ClN3O3S. The Labute approximate surface area is 214 Å². The van der Waals surface area contributed by atoms with Gasteiger partial charge < -0.3 is 15.0 Å². The van der Waals surface area contributed by atoms with Crippen molar-refractivity contribution >= 4 is 27.3 Å². The molecule has 8 heteroatoms. The van der Waals surface area contributed by atoms with Gasteiger partial charge in [0.05, 0.1) is 18.6 Å². The molecule has 2 aromatic carbocycles. The zero-order valence-electron chi connectivity index (χ0n) is 20.7.